The molecule has 0 heterocycles. The van der Waals surface area contributed by atoms with Crippen LogP contribution in [0.25, 0.3) is 0 Å². The van der Waals surface area contributed by atoms with E-state index in [0.29, 0.717) is 10.6 Å². The van der Waals surface area contributed by atoms with Crippen LogP contribution in [0.3, 0.4) is 0 Å². The lowest BCUT2D eigenvalue weighted by Gasteiger charge is -2.11. The monoisotopic (exact) mass is 214 g/mol. The van der Waals surface area contributed by atoms with Gasteiger partial charge in [-0.3, -0.25) is 4.79 Å². The second kappa shape index (κ2) is 5.10. The summed E-state index contributed by atoms with van der Waals surface area (Å²) in [5, 5.41) is 0.591. The van der Waals surface area contributed by atoms with Gasteiger partial charge in [-0.1, -0.05) is 11.6 Å². The predicted octanol–water partition coefficient (Wildman–Crippen LogP) is 2.14. The highest BCUT2D eigenvalue weighted by Crippen LogP contribution is 2.12. The summed E-state index contributed by atoms with van der Waals surface area (Å²) in [7, 11) is 2.84. The molecule has 1 rings (SSSR count). The molecule has 0 bridgehead atoms. The van der Waals surface area contributed by atoms with E-state index in [9.17, 15) is 4.79 Å². The molecule has 0 aliphatic carbocycles. The fraction of sp³-hybridized carbons (Fsp3) is 0.300. The smallest absolute Gasteiger partial charge is 0.222 e. The summed E-state index contributed by atoms with van der Waals surface area (Å²) in [6, 6.07) is 6.57. The zero-order valence-corrected chi connectivity index (χ0v) is 8.75. The van der Waals surface area contributed by atoms with Crippen molar-refractivity contribution < 1.29 is 14.3 Å². The second-order valence-corrected chi connectivity index (χ2v) is 3.11. The maximum absolute atomic E-state index is 11.6. The number of hydrogen-bond acceptors (Lipinski definition) is 3. The van der Waals surface area contributed by atoms with E-state index in [-0.39, 0.29) is 5.78 Å². The van der Waals surface area contributed by atoms with Gasteiger partial charge in [-0.25, -0.2) is 0 Å². The zero-order valence-electron chi connectivity index (χ0n) is 7.99. The number of methoxy groups -OCH3 is 2. The van der Waals surface area contributed by atoms with Gasteiger partial charge in [0.1, 0.15) is 0 Å². The van der Waals surface area contributed by atoms with E-state index in [1.165, 1.54) is 14.2 Å². The van der Waals surface area contributed by atoms with Gasteiger partial charge in [0, 0.05) is 24.8 Å². The highest BCUT2D eigenvalue weighted by atomic mass is 35.5. The fourth-order valence-corrected chi connectivity index (χ4v) is 1.19. The largest absolute Gasteiger partial charge is 0.349 e. The van der Waals surface area contributed by atoms with Gasteiger partial charge in [-0.2, -0.15) is 0 Å². The number of halogens is 1. The molecule has 1 aromatic carbocycles. The van der Waals surface area contributed by atoms with Gasteiger partial charge in [-0.15, -0.1) is 0 Å². The summed E-state index contributed by atoms with van der Waals surface area (Å²) in [6.45, 7) is 0. The second-order valence-electron chi connectivity index (χ2n) is 2.67. The Labute approximate surface area is 87.6 Å². The predicted molar refractivity (Wildman–Crippen MR) is 53.6 cm³/mol. The number of ketones is 1. The van der Waals surface area contributed by atoms with E-state index in [0.717, 1.165) is 0 Å². The summed E-state index contributed by atoms with van der Waals surface area (Å²) >= 11 is 5.69. The van der Waals surface area contributed by atoms with Crippen LogP contribution in [0.5, 0.6) is 0 Å². The lowest BCUT2D eigenvalue weighted by atomic mass is 10.1. The highest BCUT2D eigenvalue weighted by Gasteiger charge is 2.18. The van der Waals surface area contributed by atoms with Crippen molar-refractivity contribution in [3.8, 4) is 0 Å². The first kappa shape index (κ1) is 11.2. The molecule has 0 atom stereocenters. The number of hydrogen-bond donors (Lipinski definition) is 0. The Balaban J connectivity index is 2.83. The fourth-order valence-electron chi connectivity index (χ4n) is 1.06. The average Bonchev–Trinajstić information content (AvgIpc) is 2.20. The minimum absolute atomic E-state index is 0.216. The van der Waals surface area contributed by atoms with Crippen molar-refractivity contribution in [2.45, 2.75) is 6.29 Å². The third kappa shape index (κ3) is 2.54. The number of rotatable bonds is 4. The Morgan fingerprint density at radius 1 is 1.21 bits per heavy atom. The van der Waals surface area contributed by atoms with Crippen molar-refractivity contribution in [3.63, 3.8) is 0 Å². The third-order valence-electron chi connectivity index (χ3n) is 1.77. The van der Waals surface area contributed by atoms with E-state index in [4.69, 9.17) is 21.1 Å². The molecule has 0 radical (unpaired) electrons. The number of ether oxygens (including phenoxy) is 2. The molecule has 14 heavy (non-hydrogen) atoms. The Morgan fingerprint density at radius 3 is 2.14 bits per heavy atom. The van der Waals surface area contributed by atoms with E-state index in [1.807, 2.05) is 0 Å². The molecule has 0 amide bonds. The molecule has 0 fully saturated rings. The molecule has 0 aliphatic rings. The van der Waals surface area contributed by atoms with Crippen molar-refractivity contribution in [3.05, 3.63) is 34.9 Å². The number of Topliss-reactive ketones (excluding diaryl/α,β-unsaturated/α-hetero) is 1. The highest BCUT2D eigenvalue weighted by molar-refractivity contribution is 6.30. The number of benzene rings is 1. The molecule has 0 aliphatic heterocycles. The minimum atomic E-state index is -0.851. The van der Waals surface area contributed by atoms with E-state index >= 15 is 0 Å². The lowest BCUT2D eigenvalue weighted by Crippen LogP contribution is -2.24. The van der Waals surface area contributed by atoms with Crippen LogP contribution in [-0.2, 0) is 9.47 Å². The van der Waals surface area contributed by atoms with Crippen molar-refractivity contribution in [1.82, 2.24) is 0 Å². The van der Waals surface area contributed by atoms with Crippen LogP contribution >= 0.6 is 11.6 Å². The van der Waals surface area contributed by atoms with Crippen LogP contribution in [0.2, 0.25) is 5.02 Å². The summed E-state index contributed by atoms with van der Waals surface area (Å²) < 4.78 is 9.68. The molecule has 1 aromatic rings. The first-order valence-corrected chi connectivity index (χ1v) is 4.42. The van der Waals surface area contributed by atoms with Gasteiger partial charge in [0.05, 0.1) is 0 Å². The Kier molecular flexibility index (Phi) is 4.07. The molecule has 0 saturated heterocycles. The SMILES string of the molecule is COC(OC)C(=O)c1ccc(Cl)cc1. The van der Waals surface area contributed by atoms with Crippen LogP contribution < -0.4 is 0 Å². The number of carbonyl (C=O) groups excluding carboxylic acids is 1. The zero-order chi connectivity index (χ0) is 10.6. The van der Waals surface area contributed by atoms with Crippen molar-refractivity contribution in [2.24, 2.45) is 0 Å². The van der Waals surface area contributed by atoms with Gasteiger partial charge in [-0.05, 0) is 24.3 Å². The molecule has 4 heteroatoms. The maximum atomic E-state index is 11.6. The van der Waals surface area contributed by atoms with Gasteiger partial charge in [0.15, 0.2) is 0 Å². The molecular weight excluding hydrogens is 204 g/mol. The summed E-state index contributed by atoms with van der Waals surface area (Å²) in [4.78, 5) is 11.6. The molecule has 0 N–H and O–H groups in total. The van der Waals surface area contributed by atoms with Gasteiger partial charge in [0.25, 0.3) is 0 Å². The van der Waals surface area contributed by atoms with E-state index in [1.54, 1.807) is 24.3 Å². The van der Waals surface area contributed by atoms with Gasteiger partial charge >= 0.3 is 0 Å². The molecule has 0 unspecified atom stereocenters. The molecule has 76 valence electrons. The van der Waals surface area contributed by atoms with Crippen molar-refractivity contribution in [1.29, 1.82) is 0 Å². The summed E-state index contributed by atoms with van der Waals surface area (Å²) in [5.41, 5.74) is 0.517. The van der Waals surface area contributed by atoms with Crippen LogP contribution in [0, 0.1) is 0 Å². The quantitative estimate of drug-likeness (QED) is 0.569. The van der Waals surface area contributed by atoms with Crippen molar-refractivity contribution >= 4 is 17.4 Å². The third-order valence-corrected chi connectivity index (χ3v) is 2.02. The molecular formula is C10H11ClO3. The van der Waals surface area contributed by atoms with Crippen LogP contribution in [0.1, 0.15) is 10.4 Å². The van der Waals surface area contributed by atoms with E-state index < -0.39 is 6.29 Å². The maximum Gasteiger partial charge on any atom is 0.222 e. The van der Waals surface area contributed by atoms with Crippen LogP contribution in [0.4, 0.5) is 0 Å². The number of carbonyl (C=O) groups is 1. The summed E-state index contributed by atoms with van der Waals surface area (Å²) in [5.74, 6) is -0.216. The minimum Gasteiger partial charge on any atom is -0.349 e. The molecule has 0 spiro atoms. The van der Waals surface area contributed by atoms with Gasteiger partial charge < -0.3 is 9.47 Å². The first-order valence-electron chi connectivity index (χ1n) is 4.04. The van der Waals surface area contributed by atoms with Crippen LogP contribution in [0.15, 0.2) is 24.3 Å². The Hall–Kier alpha value is -0.900. The van der Waals surface area contributed by atoms with Gasteiger partial charge in [0.2, 0.25) is 12.1 Å². The normalized spacial score (nSPS) is 10.6. The topological polar surface area (TPSA) is 35.5 Å². The molecule has 0 aromatic heterocycles. The molecule has 0 saturated carbocycles. The Morgan fingerprint density at radius 2 is 1.71 bits per heavy atom. The molecule has 3 nitrogen and oxygen atoms in total. The summed E-state index contributed by atoms with van der Waals surface area (Å²) in [6.07, 6.45) is -0.851. The standard InChI is InChI=1S/C10H11ClO3/c1-13-10(14-2)9(12)7-3-5-8(11)6-4-7/h3-6,10H,1-2H3. The first-order chi connectivity index (χ1) is 6.69. The van der Waals surface area contributed by atoms with E-state index in [2.05, 4.69) is 0 Å². The lowest BCUT2D eigenvalue weighted by molar-refractivity contribution is -0.0742. The average molecular weight is 215 g/mol. The Bertz CT molecular complexity index is 304. The van der Waals surface area contributed by atoms with Crippen LogP contribution in [-0.4, -0.2) is 26.3 Å². The van der Waals surface area contributed by atoms with Crippen molar-refractivity contribution in [2.75, 3.05) is 14.2 Å².